The molecular weight excluding hydrogens is 428 g/mol. The quantitative estimate of drug-likeness (QED) is 0.431. The SMILES string of the molecule is CC(=O)OC[C@H]1O[C@H](OC(=O)c2ccccc2)[C@@H](OC(C)=O)[C@H](OC(C)=O)[C@H]1OC(C)=O. The molecule has 11 nitrogen and oxygen atoms in total. The van der Waals surface area contributed by atoms with Crippen molar-refractivity contribution in [1.82, 2.24) is 0 Å². The van der Waals surface area contributed by atoms with Crippen LogP contribution in [-0.4, -0.2) is 67.2 Å². The molecule has 0 spiro atoms. The van der Waals surface area contributed by atoms with Crippen molar-refractivity contribution in [1.29, 1.82) is 0 Å². The second-order valence-electron chi connectivity index (χ2n) is 6.84. The number of benzene rings is 1. The molecule has 1 heterocycles. The van der Waals surface area contributed by atoms with Crippen LogP contribution in [0.1, 0.15) is 38.1 Å². The van der Waals surface area contributed by atoms with Gasteiger partial charge in [-0.1, -0.05) is 18.2 Å². The first-order valence-corrected chi connectivity index (χ1v) is 9.65. The van der Waals surface area contributed by atoms with Gasteiger partial charge in [-0.15, -0.1) is 0 Å². The normalized spacial score (nSPS) is 24.6. The van der Waals surface area contributed by atoms with Crippen LogP contribution in [0, 0.1) is 0 Å². The van der Waals surface area contributed by atoms with E-state index in [0.29, 0.717) is 0 Å². The van der Waals surface area contributed by atoms with Crippen molar-refractivity contribution in [2.45, 2.75) is 58.4 Å². The Morgan fingerprint density at radius 1 is 0.719 bits per heavy atom. The second-order valence-corrected chi connectivity index (χ2v) is 6.84. The van der Waals surface area contributed by atoms with E-state index in [-0.39, 0.29) is 5.56 Å². The van der Waals surface area contributed by atoms with Gasteiger partial charge in [-0.3, -0.25) is 19.2 Å². The van der Waals surface area contributed by atoms with Crippen LogP contribution in [0.15, 0.2) is 30.3 Å². The minimum atomic E-state index is -1.57. The van der Waals surface area contributed by atoms with E-state index in [1.807, 2.05) is 0 Å². The molecule has 1 saturated heterocycles. The number of hydrogen-bond donors (Lipinski definition) is 0. The zero-order chi connectivity index (χ0) is 23.8. The third-order valence-electron chi connectivity index (χ3n) is 4.18. The highest BCUT2D eigenvalue weighted by Gasteiger charge is 2.53. The average Bonchev–Trinajstić information content (AvgIpc) is 2.70. The molecule has 0 bridgehead atoms. The topological polar surface area (TPSA) is 141 Å². The molecule has 32 heavy (non-hydrogen) atoms. The first-order chi connectivity index (χ1) is 15.1. The van der Waals surface area contributed by atoms with Gasteiger partial charge in [0.2, 0.25) is 12.4 Å². The number of rotatable bonds is 7. The Morgan fingerprint density at radius 3 is 1.78 bits per heavy atom. The Balaban J connectivity index is 2.42. The van der Waals surface area contributed by atoms with Crippen LogP contribution in [0.4, 0.5) is 0 Å². The van der Waals surface area contributed by atoms with Crippen LogP contribution in [-0.2, 0) is 47.6 Å². The maximum Gasteiger partial charge on any atom is 0.340 e. The summed E-state index contributed by atoms with van der Waals surface area (Å²) in [4.78, 5) is 59.1. The minimum Gasteiger partial charge on any atom is -0.463 e. The summed E-state index contributed by atoms with van der Waals surface area (Å²) in [6, 6.07) is 7.92. The Morgan fingerprint density at radius 2 is 1.25 bits per heavy atom. The van der Waals surface area contributed by atoms with Crippen LogP contribution < -0.4 is 0 Å². The van der Waals surface area contributed by atoms with Crippen molar-refractivity contribution in [2.75, 3.05) is 6.61 Å². The number of hydrogen-bond acceptors (Lipinski definition) is 11. The summed E-state index contributed by atoms with van der Waals surface area (Å²) in [5.74, 6) is -3.81. The molecule has 0 amide bonds. The van der Waals surface area contributed by atoms with Gasteiger partial charge in [0.15, 0.2) is 12.2 Å². The summed E-state index contributed by atoms with van der Waals surface area (Å²) in [5.41, 5.74) is 0.181. The Labute approximate surface area is 183 Å². The van der Waals surface area contributed by atoms with E-state index >= 15 is 0 Å². The number of carbonyl (C=O) groups is 5. The van der Waals surface area contributed by atoms with E-state index < -0.39 is 67.2 Å². The lowest BCUT2D eigenvalue weighted by Crippen LogP contribution is -2.63. The van der Waals surface area contributed by atoms with E-state index in [0.717, 1.165) is 27.7 Å². The van der Waals surface area contributed by atoms with Gasteiger partial charge in [0, 0.05) is 27.7 Å². The maximum absolute atomic E-state index is 12.6. The minimum absolute atomic E-state index is 0.181. The molecule has 1 aliphatic rings. The van der Waals surface area contributed by atoms with Crippen molar-refractivity contribution in [2.24, 2.45) is 0 Å². The molecule has 5 atom stereocenters. The molecule has 1 aliphatic heterocycles. The van der Waals surface area contributed by atoms with Gasteiger partial charge in [-0.25, -0.2) is 4.79 Å². The van der Waals surface area contributed by atoms with Crippen LogP contribution in [0.3, 0.4) is 0 Å². The molecule has 0 radical (unpaired) electrons. The van der Waals surface area contributed by atoms with Crippen molar-refractivity contribution >= 4 is 29.8 Å². The summed E-state index contributed by atoms with van der Waals surface area (Å²) >= 11 is 0. The molecule has 0 aliphatic carbocycles. The third kappa shape index (κ3) is 7.05. The predicted molar refractivity (Wildman–Crippen MR) is 104 cm³/mol. The van der Waals surface area contributed by atoms with Gasteiger partial charge in [-0.05, 0) is 12.1 Å². The van der Waals surface area contributed by atoms with Gasteiger partial charge < -0.3 is 28.4 Å². The van der Waals surface area contributed by atoms with E-state index in [1.54, 1.807) is 18.2 Å². The predicted octanol–water partition coefficient (Wildman–Crippen LogP) is 0.926. The fourth-order valence-corrected chi connectivity index (χ4v) is 3.03. The Kier molecular flexibility index (Phi) is 8.71. The van der Waals surface area contributed by atoms with E-state index in [9.17, 15) is 24.0 Å². The molecule has 1 aromatic carbocycles. The maximum atomic E-state index is 12.6. The number of esters is 5. The standard InChI is InChI=1S/C21H24O11/c1-11(22)27-10-16-17(28-12(2)23)18(29-13(3)24)19(30-14(4)25)21(31-16)32-20(26)15-8-6-5-7-9-15/h5-9,16-19,21H,10H2,1-4H3/t16-,17+,18-,19+,21-/m1/s1. The Hall–Kier alpha value is -3.47. The van der Waals surface area contributed by atoms with E-state index in [4.69, 9.17) is 28.4 Å². The first kappa shape index (κ1) is 24.8. The fraction of sp³-hybridized carbons (Fsp3) is 0.476. The molecule has 2 rings (SSSR count). The largest absolute Gasteiger partial charge is 0.463 e. The summed E-state index contributed by atoms with van der Waals surface area (Å²) in [7, 11) is 0. The molecular formula is C21H24O11. The second kappa shape index (κ2) is 11.2. The monoisotopic (exact) mass is 452 g/mol. The summed E-state index contributed by atoms with van der Waals surface area (Å²) in [6.07, 6.45) is -6.98. The van der Waals surface area contributed by atoms with Crippen LogP contribution in [0.25, 0.3) is 0 Å². The number of ether oxygens (including phenoxy) is 6. The smallest absolute Gasteiger partial charge is 0.340 e. The molecule has 0 unspecified atom stereocenters. The highest BCUT2D eigenvalue weighted by Crippen LogP contribution is 2.30. The summed E-state index contributed by atoms with van der Waals surface area (Å²) in [5, 5.41) is 0. The molecule has 0 aromatic heterocycles. The number of carbonyl (C=O) groups excluding carboxylic acids is 5. The van der Waals surface area contributed by atoms with E-state index in [1.165, 1.54) is 12.1 Å². The van der Waals surface area contributed by atoms with Crippen LogP contribution in [0.5, 0.6) is 0 Å². The zero-order valence-corrected chi connectivity index (χ0v) is 18.0. The summed E-state index contributed by atoms with van der Waals surface area (Å²) in [6.45, 7) is 4.03. The molecule has 1 fully saturated rings. The van der Waals surface area contributed by atoms with Crippen LogP contribution in [0.2, 0.25) is 0 Å². The summed E-state index contributed by atoms with van der Waals surface area (Å²) < 4.78 is 31.8. The van der Waals surface area contributed by atoms with Crippen molar-refractivity contribution in [3.8, 4) is 0 Å². The van der Waals surface area contributed by atoms with Gasteiger partial charge >= 0.3 is 29.8 Å². The molecule has 11 heteroatoms. The highest BCUT2D eigenvalue weighted by molar-refractivity contribution is 5.89. The third-order valence-corrected chi connectivity index (χ3v) is 4.18. The van der Waals surface area contributed by atoms with Crippen molar-refractivity contribution < 1.29 is 52.4 Å². The lowest BCUT2D eigenvalue weighted by atomic mass is 9.98. The van der Waals surface area contributed by atoms with E-state index in [2.05, 4.69) is 0 Å². The van der Waals surface area contributed by atoms with Crippen LogP contribution >= 0.6 is 0 Å². The lowest BCUT2D eigenvalue weighted by molar-refractivity contribution is -0.294. The first-order valence-electron chi connectivity index (χ1n) is 9.65. The highest BCUT2D eigenvalue weighted by atomic mass is 16.7. The Bertz CT molecular complexity index is 851. The van der Waals surface area contributed by atoms with Gasteiger partial charge in [0.1, 0.15) is 12.7 Å². The van der Waals surface area contributed by atoms with Gasteiger partial charge in [-0.2, -0.15) is 0 Å². The van der Waals surface area contributed by atoms with Crippen molar-refractivity contribution in [3.63, 3.8) is 0 Å². The molecule has 0 saturated carbocycles. The average molecular weight is 452 g/mol. The van der Waals surface area contributed by atoms with Gasteiger partial charge in [0.05, 0.1) is 5.56 Å². The molecule has 0 N–H and O–H groups in total. The molecule has 1 aromatic rings. The lowest BCUT2D eigenvalue weighted by Gasteiger charge is -2.43. The van der Waals surface area contributed by atoms with Crippen molar-refractivity contribution in [3.05, 3.63) is 35.9 Å². The zero-order valence-electron chi connectivity index (χ0n) is 18.0. The molecule has 174 valence electrons. The fourth-order valence-electron chi connectivity index (χ4n) is 3.03. The van der Waals surface area contributed by atoms with Gasteiger partial charge in [0.25, 0.3) is 0 Å².